The Morgan fingerprint density at radius 2 is 2.33 bits per heavy atom. The minimum absolute atomic E-state index is 0.0280. The molecule has 82 valence electrons. The molecule has 0 saturated carbocycles. The number of hydrogen-bond acceptors (Lipinski definition) is 4. The van der Waals surface area contributed by atoms with Crippen molar-refractivity contribution in [3.8, 4) is 11.5 Å². The fraction of sp³-hybridized carbons (Fsp3) is 0.300. The first-order valence-corrected chi connectivity index (χ1v) is 4.54. The van der Waals surface area contributed by atoms with E-state index in [9.17, 15) is 9.90 Å². The van der Waals surface area contributed by atoms with E-state index in [1.54, 1.807) is 12.1 Å². The van der Waals surface area contributed by atoms with Crippen molar-refractivity contribution in [2.45, 2.75) is 6.42 Å². The number of benzene rings is 1. The van der Waals surface area contributed by atoms with Crippen molar-refractivity contribution < 1.29 is 14.6 Å². The number of methoxy groups -OCH3 is 1. The van der Waals surface area contributed by atoms with Crippen LogP contribution in [0.15, 0.2) is 18.2 Å². The number of carbonyl (C=O) groups excluding carboxylic acids is 1. The molecule has 1 rings (SSSR count). The largest absolute Gasteiger partial charge is 0.506 e. The van der Waals surface area contributed by atoms with Crippen LogP contribution in [0, 0.1) is 0 Å². The molecule has 4 N–H and O–H groups in total. The summed E-state index contributed by atoms with van der Waals surface area (Å²) in [6.45, 7) is 0.281. The summed E-state index contributed by atoms with van der Waals surface area (Å²) in [4.78, 5) is 11.2. The van der Waals surface area contributed by atoms with E-state index in [-0.39, 0.29) is 24.6 Å². The van der Waals surface area contributed by atoms with Gasteiger partial charge in [0.05, 0.1) is 12.8 Å². The maximum absolute atomic E-state index is 11.2. The third kappa shape index (κ3) is 3.14. The minimum atomic E-state index is -0.224. The molecule has 5 nitrogen and oxygen atoms in total. The van der Waals surface area contributed by atoms with Gasteiger partial charge in [0.25, 0.3) is 0 Å². The Hall–Kier alpha value is -1.75. The normalized spacial score (nSPS) is 9.73. The van der Waals surface area contributed by atoms with Gasteiger partial charge in [-0.3, -0.25) is 4.79 Å². The molecular formula is C10H14N2O3. The van der Waals surface area contributed by atoms with Gasteiger partial charge in [0, 0.05) is 19.0 Å². The average molecular weight is 210 g/mol. The van der Waals surface area contributed by atoms with Crippen LogP contribution in [0.1, 0.15) is 6.42 Å². The summed E-state index contributed by atoms with van der Waals surface area (Å²) >= 11 is 0. The topological polar surface area (TPSA) is 84.6 Å². The molecule has 0 radical (unpaired) electrons. The lowest BCUT2D eigenvalue weighted by atomic mass is 10.2. The van der Waals surface area contributed by atoms with Crippen molar-refractivity contribution in [2.75, 3.05) is 19.0 Å². The van der Waals surface area contributed by atoms with Crippen molar-refractivity contribution in [1.29, 1.82) is 0 Å². The van der Waals surface area contributed by atoms with Gasteiger partial charge in [0.15, 0.2) is 0 Å². The van der Waals surface area contributed by atoms with E-state index in [1.807, 2.05) is 0 Å². The lowest BCUT2D eigenvalue weighted by molar-refractivity contribution is -0.116. The van der Waals surface area contributed by atoms with E-state index in [1.165, 1.54) is 13.2 Å². The van der Waals surface area contributed by atoms with Gasteiger partial charge in [0.1, 0.15) is 11.5 Å². The first kappa shape index (κ1) is 11.3. The van der Waals surface area contributed by atoms with Crippen LogP contribution in [-0.2, 0) is 4.79 Å². The number of rotatable bonds is 4. The average Bonchev–Trinajstić information content (AvgIpc) is 2.21. The Kier molecular flexibility index (Phi) is 3.93. The number of hydrogen-bond donors (Lipinski definition) is 3. The van der Waals surface area contributed by atoms with Crippen LogP contribution in [0.25, 0.3) is 0 Å². The van der Waals surface area contributed by atoms with E-state index in [0.717, 1.165) is 0 Å². The SMILES string of the molecule is COc1ccc(NC(=O)CCN)c(O)c1. The molecule has 0 spiro atoms. The monoisotopic (exact) mass is 210 g/mol. The number of phenols is 1. The first-order valence-electron chi connectivity index (χ1n) is 4.54. The lowest BCUT2D eigenvalue weighted by Crippen LogP contribution is -2.16. The summed E-state index contributed by atoms with van der Waals surface area (Å²) < 4.78 is 4.91. The number of nitrogens with two attached hydrogens (primary N) is 1. The molecule has 0 atom stereocenters. The Morgan fingerprint density at radius 1 is 1.60 bits per heavy atom. The zero-order valence-electron chi connectivity index (χ0n) is 8.49. The molecule has 0 heterocycles. The second-order valence-corrected chi connectivity index (χ2v) is 2.97. The highest BCUT2D eigenvalue weighted by Crippen LogP contribution is 2.27. The highest BCUT2D eigenvalue weighted by atomic mass is 16.5. The second kappa shape index (κ2) is 5.21. The lowest BCUT2D eigenvalue weighted by Gasteiger charge is -2.07. The van der Waals surface area contributed by atoms with Gasteiger partial charge in [-0.1, -0.05) is 0 Å². The summed E-state index contributed by atoms with van der Waals surface area (Å²) in [7, 11) is 1.50. The third-order valence-electron chi connectivity index (χ3n) is 1.85. The van der Waals surface area contributed by atoms with Crippen molar-refractivity contribution in [2.24, 2.45) is 5.73 Å². The molecule has 5 heteroatoms. The molecular weight excluding hydrogens is 196 g/mol. The fourth-order valence-electron chi connectivity index (χ4n) is 1.09. The quantitative estimate of drug-likeness (QED) is 0.638. The Labute approximate surface area is 87.9 Å². The Bertz CT molecular complexity index is 353. The fourth-order valence-corrected chi connectivity index (χ4v) is 1.09. The smallest absolute Gasteiger partial charge is 0.225 e. The van der Waals surface area contributed by atoms with Gasteiger partial charge in [-0.15, -0.1) is 0 Å². The molecule has 1 aromatic carbocycles. The number of phenolic OH excluding ortho intramolecular Hbond substituents is 1. The van der Waals surface area contributed by atoms with Crippen LogP contribution < -0.4 is 15.8 Å². The van der Waals surface area contributed by atoms with Gasteiger partial charge in [-0.2, -0.15) is 0 Å². The van der Waals surface area contributed by atoms with Gasteiger partial charge < -0.3 is 20.9 Å². The van der Waals surface area contributed by atoms with Crippen LogP contribution in [0.2, 0.25) is 0 Å². The number of aromatic hydroxyl groups is 1. The molecule has 1 aromatic rings. The minimum Gasteiger partial charge on any atom is -0.506 e. The van der Waals surface area contributed by atoms with Crippen LogP contribution in [0.4, 0.5) is 5.69 Å². The molecule has 0 saturated heterocycles. The van der Waals surface area contributed by atoms with Gasteiger partial charge in [-0.05, 0) is 12.1 Å². The third-order valence-corrected chi connectivity index (χ3v) is 1.85. The molecule has 0 unspecified atom stereocenters. The molecule has 15 heavy (non-hydrogen) atoms. The van der Waals surface area contributed by atoms with E-state index in [4.69, 9.17) is 10.5 Å². The highest BCUT2D eigenvalue weighted by Gasteiger charge is 2.06. The van der Waals surface area contributed by atoms with Crippen LogP contribution in [0.3, 0.4) is 0 Å². The number of amides is 1. The van der Waals surface area contributed by atoms with Crippen molar-refractivity contribution >= 4 is 11.6 Å². The first-order chi connectivity index (χ1) is 7.17. The van der Waals surface area contributed by atoms with Crippen LogP contribution in [-0.4, -0.2) is 24.7 Å². The number of ether oxygens (including phenoxy) is 1. The predicted octanol–water partition coefficient (Wildman–Crippen LogP) is 0.688. The zero-order valence-corrected chi connectivity index (χ0v) is 8.49. The number of nitrogens with one attached hydrogen (secondary N) is 1. The molecule has 0 bridgehead atoms. The summed E-state index contributed by atoms with van der Waals surface area (Å²) in [6.07, 6.45) is 0.228. The van der Waals surface area contributed by atoms with Gasteiger partial charge >= 0.3 is 0 Å². The molecule has 0 aliphatic carbocycles. The van der Waals surface area contributed by atoms with Crippen LogP contribution in [0.5, 0.6) is 11.5 Å². The molecule has 1 amide bonds. The molecule has 0 aromatic heterocycles. The summed E-state index contributed by atoms with van der Waals surface area (Å²) in [6, 6.07) is 4.65. The maximum Gasteiger partial charge on any atom is 0.225 e. The predicted molar refractivity (Wildman–Crippen MR) is 57.0 cm³/mol. The van der Waals surface area contributed by atoms with Crippen molar-refractivity contribution in [3.05, 3.63) is 18.2 Å². The standard InChI is InChI=1S/C10H14N2O3/c1-15-7-2-3-8(9(13)6-7)12-10(14)4-5-11/h2-3,6,13H,4-5,11H2,1H3,(H,12,14). The van der Waals surface area contributed by atoms with E-state index in [2.05, 4.69) is 5.32 Å². The van der Waals surface area contributed by atoms with Crippen LogP contribution >= 0.6 is 0 Å². The summed E-state index contributed by atoms with van der Waals surface area (Å²) in [5.74, 6) is 0.280. The van der Waals surface area contributed by atoms with E-state index in [0.29, 0.717) is 11.4 Å². The Morgan fingerprint density at radius 3 is 2.87 bits per heavy atom. The highest BCUT2D eigenvalue weighted by molar-refractivity contribution is 5.92. The van der Waals surface area contributed by atoms with Crippen molar-refractivity contribution in [1.82, 2.24) is 0 Å². The zero-order chi connectivity index (χ0) is 11.3. The van der Waals surface area contributed by atoms with E-state index >= 15 is 0 Å². The number of anilines is 1. The summed E-state index contributed by atoms with van der Waals surface area (Å²) in [5, 5.41) is 12.1. The maximum atomic E-state index is 11.2. The van der Waals surface area contributed by atoms with Crippen molar-refractivity contribution in [3.63, 3.8) is 0 Å². The number of carbonyl (C=O) groups is 1. The van der Waals surface area contributed by atoms with Gasteiger partial charge in [-0.25, -0.2) is 0 Å². The van der Waals surface area contributed by atoms with Gasteiger partial charge in [0.2, 0.25) is 5.91 Å². The molecule has 0 aliphatic heterocycles. The summed E-state index contributed by atoms with van der Waals surface area (Å²) in [5.41, 5.74) is 5.58. The Balaban J connectivity index is 2.73. The molecule has 0 aliphatic rings. The second-order valence-electron chi connectivity index (χ2n) is 2.97. The van der Waals surface area contributed by atoms with E-state index < -0.39 is 0 Å². The molecule has 0 fully saturated rings.